The van der Waals surface area contributed by atoms with Crippen LogP contribution in [0.2, 0.25) is 0 Å². The standard InChI is InChI=1S/C12H19NO3S/c1-4-5-13-17(15,16)12-7-11(8-14)9(2)6-10(12)3/h6-7,13-14H,4-5,8H2,1-3H3. The van der Waals surface area contributed by atoms with E-state index in [4.69, 9.17) is 5.11 Å². The average Bonchev–Trinajstić information content (AvgIpc) is 2.26. The van der Waals surface area contributed by atoms with Gasteiger partial charge < -0.3 is 5.11 Å². The molecule has 5 heteroatoms. The molecule has 2 N–H and O–H groups in total. The topological polar surface area (TPSA) is 66.4 Å². The zero-order valence-electron chi connectivity index (χ0n) is 10.4. The molecule has 0 aromatic heterocycles. The summed E-state index contributed by atoms with van der Waals surface area (Å²) in [6, 6.07) is 3.33. The second-order valence-electron chi connectivity index (χ2n) is 4.10. The highest BCUT2D eigenvalue weighted by molar-refractivity contribution is 7.89. The van der Waals surface area contributed by atoms with Crippen LogP contribution in [-0.4, -0.2) is 20.1 Å². The molecular formula is C12H19NO3S. The number of hydrogen-bond donors (Lipinski definition) is 2. The molecule has 0 amide bonds. The molecule has 0 atom stereocenters. The number of aryl methyl sites for hydroxylation is 2. The van der Waals surface area contributed by atoms with Gasteiger partial charge in [0.05, 0.1) is 11.5 Å². The molecule has 0 saturated carbocycles. The summed E-state index contributed by atoms with van der Waals surface area (Å²) in [5, 5.41) is 9.16. The second kappa shape index (κ2) is 5.62. The molecule has 4 nitrogen and oxygen atoms in total. The molecule has 1 aromatic rings. The van der Waals surface area contributed by atoms with Crippen molar-refractivity contribution in [1.82, 2.24) is 4.72 Å². The number of benzene rings is 1. The van der Waals surface area contributed by atoms with Crippen molar-refractivity contribution in [2.24, 2.45) is 0 Å². The molecule has 0 fully saturated rings. The molecule has 0 aliphatic carbocycles. The molecular weight excluding hydrogens is 238 g/mol. The molecule has 0 aliphatic heterocycles. The minimum Gasteiger partial charge on any atom is -0.392 e. The lowest BCUT2D eigenvalue weighted by atomic mass is 10.1. The van der Waals surface area contributed by atoms with Crippen molar-refractivity contribution in [2.45, 2.75) is 38.7 Å². The fourth-order valence-electron chi connectivity index (χ4n) is 1.65. The van der Waals surface area contributed by atoms with E-state index >= 15 is 0 Å². The highest BCUT2D eigenvalue weighted by atomic mass is 32.2. The second-order valence-corrected chi connectivity index (χ2v) is 5.84. The Kier molecular flexibility index (Phi) is 4.68. The molecule has 0 spiro atoms. The first-order chi connectivity index (χ1) is 7.92. The molecule has 17 heavy (non-hydrogen) atoms. The SMILES string of the molecule is CCCNS(=O)(=O)c1cc(CO)c(C)cc1C. The smallest absolute Gasteiger partial charge is 0.240 e. The van der Waals surface area contributed by atoms with E-state index in [1.807, 2.05) is 13.8 Å². The third-order valence-electron chi connectivity index (χ3n) is 2.64. The number of hydrogen-bond acceptors (Lipinski definition) is 3. The van der Waals surface area contributed by atoms with Crippen LogP contribution in [-0.2, 0) is 16.6 Å². The Morgan fingerprint density at radius 1 is 1.24 bits per heavy atom. The Balaban J connectivity index is 3.22. The number of aliphatic hydroxyl groups excluding tert-OH is 1. The van der Waals surface area contributed by atoms with E-state index in [0.29, 0.717) is 17.7 Å². The zero-order chi connectivity index (χ0) is 13.1. The Morgan fingerprint density at radius 2 is 1.88 bits per heavy atom. The van der Waals surface area contributed by atoms with Crippen molar-refractivity contribution in [3.05, 3.63) is 28.8 Å². The quantitative estimate of drug-likeness (QED) is 0.839. The summed E-state index contributed by atoms with van der Waals surface area (Å²) in [5.74, 6) is 0. The highest BCUT2D eigenvalue weighted by Crippen LogP contribution is 2.20. The van der Waals surface area contributed by atoms with Crippen molar-refractivity contribution in [3.63, 3.8) is 0 Å². The van der Waals surface area contributed by atoms with Gasteiger partial charge in [-0.3, -0.25) is 0 Å². The summed E-state index contributed by atoms with van der Waals surface area (Å²) in [6.07, 6.45) is 0.747. The van der Waals surface area contributed by atoms with Crippen LogP contribution in [0.3, 0.4) is 0 Å². The first kappa shape index (κ1) is 14.2. The molecule has 0 heterocycles. The van der Waals surface area contributed by atoms with Gasteiger partial charge in [-0.1, -0.05) is 13.0 Å². The monoisotopic (exact) mass is 257 g/mol. The normalized spacial score (nSPS) is 11.8. The zero-order valence-corrected chi connectivity index (χ0v) is 11.3. The summed E-state index contributed by atoms with van der Waals surface area (Å²) in [6.45, 7) is 5.79. The molecule has 1 rings (SSSR count). The maximum atomic E-state index is 12.0. The first-order valence-electron chi connectivity index (χ1n) is 5.63. The third kappa shape index (κ3) is 3.28. The van der Waals surface area contributed by atoms with Crippen LogP contribution < -0.4 is 4.72 Å². The van der Waals surface area contributed by atoms with Crippen LogP contribution in [0.4, 0.5) is 0 Å². The van der Waals surface area contributed by atoms with E-state index in [0.717, 1.165) is 12.0 Å². The van der Waals surface area contributed by atoms with Gasteiger partial charge in [0.15, 0.2) is 0 Å². The Morgan fingerprint density at radius 3 is 2.41 bits per heavy atom. The maximum Gasteiger partial charge on any atom is 0.240 e. The van der Waals surface area contributed by atoms with Gasteiger partial charge in [0.25, 0.3) is 0 Å². The summed E-state index contributed by atoms with van der Waals surface area (Å²) in [7, 11) is -3.46. The number of aliphatic hydroxyl groups is 1. The fraction of sp³-hybridized carbons (Fsp3) is 0.500. The van der Waals surface area contributed by atoms with Gasteiger partial charge in [-0.15, -0.1) is 0 Å². The van der Waals surface area contributed by atoms with Crippen LogP contribution in [0.15, 0.2) is 17.0 Å². The molecule has 0 aliphatic rings. The van der Waals surface area contributed by atoms with Crippen molar-refractivity contribution < 1.29 is 13.5 Å². The molecule has 0 bridgehead atoms. The lowest BCUT2D eigenvalue weighted by Gasteiger charge is -2.12. The van der Waals surface area contributed by atoms with Gasteiger partial charge in [0.1, 0.15) is 0 Å². The highest BCUT2D eigenvalue weighted by Gasteiger charge is 2.17. The van der Waals surface area contributed by atoms with E-state index < -0.39 is 10.0 Å². The van der Waals surface area contributed by atoms with Crippen LogP contribution >= 0.6 is 0 Å². The van der Waals surface area contributed by atoms with Crippen LogP contribution in [0.1, 0.15) is 30.0 Å². The molecule has 0 radical (unpaired) electrons. The molecule has 0 saturated heterocycles. The Hall–Kier alpha value is -0.910. The van der Waals surface area contributed by atoms with Gasteiger partial charge >= 0.3 is 0 Å². The minimum absolute atomic E-state index is 0.150. The first-order valence-corrected chi connectivity index (χ1v) is 7.11. The predicted molar refractivity (Wildman–Crippen MR) is 67.3 cm³/mol. The summed E-state index contributed by atoms with van der Waals surface area (Å²) in [5.41, 5.74) is 2.25. The number of rotatable bonds is 5. The third-order valence-corrected chi connectivity index (χ3v) is 4.24. The number of nitrogens with one attached hydrogen (secondary N) is 1. The van der Waals surface area contributed by atoms with E-state index in [1.165, 1.54) is 0 Å². The van der Waals surface area contributed by atoms with Crippen LogP contribution in [0.25, 0.3) is 0 Å². The van der Waals surface area contributed by atoms with Crippen molar-refractivity contribution in [3.8, 4) is 0 Å². The van der Waals surface area contributed by atoms with Crippen molar-refractivity contribution in [2.75, 3.05) is 6.54 Å². The Labute approximate surface area is 103 Å². The van der Waals surface area contributed by atoms with E-state index in [-0.39, 0.29) is 11.5 Å². The molecule has 0 unspecified atom stereocenters. The van der Waals surface area contributed by atoms with Gasteiger partial charge in [0.2, 0.25) is 10.0 Å². The van der Waals surface area contributed by atoms with Gasteiger partial charge in [-0.2, -0.15) is 0 Å². The summed E-state index contributed by atoms with van der Waals surface area (Å²) in [4.78, 5) is 0.251. The van der Waals surface area contributed by atoms with Crippen LogP contribution in [0.5, 0.6) is 0 Å². The van der Waals surface area contributed by atoms with Crippen molar-refractivity contribution >= 4 is 10.0 Å². The Bertz CT molecular complexity index is 495. The van der Waals surface area contributed by atoms with Gasteiger partial charge in [-0.05, 0) is 43.0 Å². The largest absolute Gasteiger partial charge is 0.392 e. The van der Waals surface area contributed by atoms with Gasteiger partial charge in [-0.25, -0.2) is 13.1 Å². The fourth-order valence-corrected chi connectivity index (χ4v) is 3.06. The number of sulfonamides is 1. The van der Waals surface area contributed by atoms with E-state index in [2.05, 4.69) is 4.72 Å². The lowest BCUT2D eigenvalue weighted by Crippen LogP contribution is -2.25. The average molecular weight is 257 g/mol. The van der Waals surface area contributed by atoms with Crippen molar-refractivity contribution in [1.29, 1.82) is 0 Å². The maximum absolute atomic E-state index is 12.0. The summed E-state index contributed by atoms with van der Waals surface area (Å²) < 4.78 is 26.5. The lowest BCUT2D eigenvalue weighted by molar-refractivity contribution is 0.280. The van der Waals surface area contributed by atoms with E-state index in [9.17, 15) is 8.42 Å². The van der Waals surface area contributed by atoms with Crippen LogP contribution in [0, 0.1) is 13.8 Å². The predicted octanol–water partition coefficient (Wildman–Crippen LogP) is 1.48. The summed E-state index contributed by atoms with van der Waals surface area (Å²) >= 11 is 0. The minimum atomic E-state index is -3.46. The molecule has 1 aromatic carbocycles. The molecule has 96 valence electrons. The van der Waals surface area contributed by atoms with E-state index in [1.54, 1.807) is 19.1 Å². The van der Waals surface area contributed by atoms with Gasteiger partial charge in [0, 0.05) is 6.54 Å².